The Kier molecular flexibility index (Phi) is 5.22. The van der Waals surface area contributed by atoms with E-state index in [0.29, 0.717) is 23.6 Å². The number of nitrogen functional groups attached to an aromatic ring is 1. The first kappa shape index (κ1) is 18.3. The van der Waals surface area contributed by atoms with Gasteiger partial charge in [0.15, 0.2) is 5.82 Å². The Labute approximate surface area is 152 Å². The number of anilines is 1. The zero-order chi connectivity index (χ0) is 18.7. The summed E-state index contributed by atoms with van der Waals surface area (Å²) >= 11 is 0. The zero-order valence-corrected chi connectivity index (χ0v) is 14.9. The Balaban J connectivity index is 1.91. The Morgan fingerprint density at radius 2 is 1.96 bits per heavy atom. The number of rotatable bonds is 7. The number of hydrogen-bond acceptors (Lipinski definition) is 6. The molecule has 0 saturated carbocycles. The molecule has 26 heavy (non-hydrogen) atoms. The third-order valence-electron chi connectivity index (χ3n) is 4.48. The van der Waals surface area contributed by atoms with E-state index in [9.17, 15) is 10.2 Å². The summed E-state index contributed by atoms with van der Waals surface area (Å²) in [6.07, 6.45) is 0.342. The molecule has 7 heteroatoms. The minimum absolute atomic E-state index is 0.271. The van der Waals surface area contributed by atoms with Crippen LogP contribution in [0.3, 0.4) is 0 Å². The molecular weight excluding hydrogens is 332 g/mol. The largest absolute Gasteiger partial charge is 0.393 e. The van der Waals surface area contributed by atoms with Crippen LogP contribution in [-0.2, 0) is 16.9 Å². The second-order valence-electron chi connectivity index (χ2n) is 6.68. The fourth-order valence-electron chi connectivity index (χ4n) is 3.04. The van der Waals surface area contributed by atoms with Crippen LogP contribution in [0.4, 0.5) is 5.82 Å². The van der Waals surface area contributed by atoms with Crippen LogP contribution in [0.15, 0.2) is 48.8 Å². The van der Waals surface area contributed by atoms with Crippen molar-refractivity contribution in [1.29, 1.82) is 0 Å². The van der Waals surface area contributed by atoms with E-state index in [1.807, 2.05) is 30.3 Å². The van der Waals surface area contributed by atoms with Crippen molar-refractivity contribution >= 4 is 11.3 Å². The number of benzene rings is 1. The minimum atomic E-state index is -1.39. The molecule has 7 nitrogen and oxygen atoms in total. The molecule has 0 spiro atoms. The monoisotopic (exact) mass is 356 g/mol. The van der Waals surface area contributed by atoms with Crippen molar-refractivity contribution in [3.63, 3.8) is 0 Å². The third-order valence-corrected chi connectivity index (χ3v) is 4.48. The number of aromatic nitrogens is 3. The molecule has 0 fully saturated rings. The van der Waals surface area contributed by atoms with Crippen molar-refractivity contribution in [2.45, 2.75) is 44.7 Å². The Morgan fingerprint density at radius 3 is 2.65 bits per heavy atom. The molecule has 138 valence electrons. The van der Waals surface area contributed by atoms with Gasteiger partial charge >= 0.3 is 0 Å². The molecule has 0 aliphatic carbocycles. The zero-order valence-electron chi connectivity index (χ0n) is 14.9. The van der Waals surface area contributed by atoms with Gasteiger partial charge in [0.05, 0.1) is 24.5 Å². The summed E-state index contributed by atoms with van der Waals surface area (Å²) in [5.41, 5.74) is 6.62. The quantitative estimate of drug-likeness (QED) is 0.597. The molecule has 3 aromatic rings. The van der Waals surface area contributed by atoms with Gasteiger partial charge in [-0.15, -0.1) is 0 Å². The van der Waals surface area contributed by atoms with E-state index in [1.54, 1.807) is 30.5 Å². The molecule has 2 aromatic heterocycles. The fraction of sp³-hybridized carbons (Fsp3) is 0.368. The number of fused-ring (bicyclic) bond motifs is 1. The highest BCUT2D eigenvalue weighted by molar-refractivity contribution is 5.65. The van der Waals surface area contributed by atoms with E-state index in [1.165, 1.54) is 6.33 Å². The topological polar surface area (TPSA) is 106 Å². The van der Waals surface area contributed by atoms with Crippen molar-refractivity contribution in [3.8, 4) is 0 Å². The molecule has 0 amide bonds. The van der Waals surface area contributed by atoms with E-state index in [-0.39, 0.29) is 6.42 Å². The van der Waals surface area contributed by atoms with Crippen LogP contribution >= 0.6 is 0 Å². The lowest BCUT2D eigenvalue weighted by Gasteiger charge is -2.33. The van der Waals surface area contributed by atoms with Crippen molar-refractivity contribution in [1.82, 2.24) is 14.6 Å². The van der Waals surface area contributed by atoms with E-state index in [0.717, 1.165) is 5.56 Å². The van der Waals surface area contributed by atoms with Gasteiger partial charge in [-0.1, -0.05) is 30.3 Å². The average Bonchev–Trinajstić information content (AvgIpc) is 3.05. The van der Waals surface area contributed by atoms with E-state index >= 15 is 0 Å². The van der Waals surface area contributed by atoms with Gasteiger partial charge in [-0.2, -0.15) is 5.10 Å². The normalized spacial score (nSPS) is 16.3. The smallest absolute Gasteiger partial charge is 0.151 e. The van der Waals surface area contributed by atoms with Crippen LogP contribution < -0.4 is 5.73 Å². The second-order valence-corrected chi connectivity index (χ2v) is 6.68. The fourth-order valence-corrected chi connectivity index (χ4v) is 3.04. The van der Waals surface area contributed by atoms with Gasteiger partial charge in [0.1, 0.15) is 17.4 Å². The SMILES string of the molecule is CC(O)CC(OCc1ccccc1)C(C)(O)c1ccc2c(N)ncnn12. The van der Waals surface area contributed by atoms with Crippen LogP contribution in [0.2, 0.25) is 0 Å². The van der Waals surface area contributed by atoms with Crippen LogP contribution in [0, 0.1) is 0 Å². The molecule has 2 heterocycles. The summed E-state index contributed by atoms with van der Waals surface area (Å²) in [7, 11) is 0. The van der Waals surface area contributed by atoms with Crippen molar-refractivity contribution in [2.24, 2.45) is 0 Å². The number of hydrogen-bond donors (Lipinski definition) is 3. The molecule has 4 N–H and O–H groups in total. The van der Waals surface area contributed by atoms with Crippen LogP contribution in [0.25, 0.3) is 5.52 Å². The maximum atomic E-state index is 11.3. The first-order chi connectivity index (χ1) is 12.4. The molecule has 0 aliphatic rings. The van der Waals surface area contributed by atoms with Crippen LogP contribution in [-0.4, -0.2) is 37.0 Å². The molecule has 1 aromatic carbocycles. The lowest BCUT2D eigenvalue weighted by Crippen LogP contribution is -2.41. The van der Waals surface area contributed by atoms with Gasteiger partial charge in [-0.05, 0) is 31.5 Å². The molecule has 0 saturated heterocycles. The van der Waals surface area contributed by atoms with E-state index in [2.05, 4.69) is 10.1 Å². The number of aliphatic hydroxyl groups is 2. The van der Waals surface area contributed by atoms with Gasteiger partial charge < -0.3 is 20.7 Å². The maximum Gasteiger partial charge on any atom is 0.151 e. The molecule has 3 unspecified atom stereocenters. The Bertz CT molecular complexity index is 862. The maximum absolute atomic E-state index is 11.3. The number of nitrogens with zero attached hydrogens (tertiary/aromatic N) is 3. The summed E-state index contributed by atoms with van der Waals surface area (Å²) < 4.78 is 7.57. The summed E-state index contributed by atoms with van der Waals surface area (Å²) in [5, 5.41) is 25.4. The van der Waals surface area contributed by atoms with Gasteiger partial charge in [0, 0.05) is 6.42 Å². The standard InChI is InChI=1S/C19H24N4O3/c1-13(24)10-17(26-11-14-6-4-3-5-7-14)19(2,25)16-9-8-15-18(20)21-12-22-23(15)16/h3-9,12-13,17,24-25H,10-11H2,1-2H3,(H2,20,21,22). The molecule has 0 bridgehead atoms. The van der Waals surface area contributed by atoms with Crippen molar-refractivity contribution in [2.75, 3.05) is 5.73 Å². The molecule has 3 rings (SSSR count). The third kappa shape index (κ3) is 3.70. The van der Waals surface area contributed by atoms with Gasteiger partial charge in [-0.25, -0.2) is 9.50 Å². The average molecular weight is 356 g/mol. The highest BCUT2D eigenvalue weighted by Gasteiger charge is 2.38. The molecule has 0 radical (unpaired) electrons. The minimum Gasteiger partial charge on any atom is -0.393 e. The summed E-state index contributed by atoms with van der Waals surface area (Å²) in [5.74, 6) is 0.333. The first-order valence-corrected chi connectivity index (χ1v) is 8.54. The lowest BCUT2D eigenvalue weighted by atomic mass is 9.91. The van der Waals surface area contributed by atoms with Gasteiger partial charge in [0.2, 0.25) is 0 Å². The number of ether oxygens (including phenoxy) is 1. The second kappa shape index (κ2) is 7.41. The van der Waals surface area contributed by atoms with Gasteiger partial charge in [-0.3, -0.25) is 0 Å². The highest BCUT2D eigenvalue weighted by atomic mass is 16.5. The molecular formula is C19H24N4O3. The summed E-state index contributed by atoms with van der Waals surface area (Å²) in [6.45, 7) is 3.66. The highest BCUT2D eigenvalue weighted by Crippen LogP contribution is 2.32. The van der Waals surface area contributed by atoms with E-state index < -0.39 is 17.8 Å². The van der Waals surface area contributed by atoms with Crippen LogP contribution in [0.1, 0.15) is 31.5 Å². The van der Waals surface area contributed by atoms with Crippen LogP contribution in [0.5, 0.6) is 0 Å². The predicted octanol–water partition coefficient (Wildman–Crippen LogP) is 1.88. The number of nitrogens with two attached hydrogens (primary N) is 1. The first-order valence-electron chi connectivity index (χ1n) is 8.54. The number of aliphatic hydroxyl groups excluding tert-OH is 1. The predicted molar refractivity (Wildman–Crippen MR) is 98.3 cm³/mol. The van der Waals surface area contributed by atoms with Gasteiger partial charge in [0.25, 0.3) is 0 Å². The Hall–Kier alpha value is -2.48. The Morgan fingerprint density at radius 1 is 1.23 bits per heavy atom. The van der Waals surface area contributed by atoms with Crippen molar-refractivity contribution < 1.29 is 14.9 Å². The van der Waals surface area contributed by atoms with Crippen molar-refractivity contribution in [3.05, 3.63) is 60.0 Å². The molecule has 0 aliphatic heterocycles. The molecule has 3 atom stereocenters. The van der Waals surface area contributed by atoms with E-state index in [4.69, 9.17) is 10.5 Å². The lowest BCUT2D eigenvalue weighted by molar-refractivity contribution is -0.126. The summed E-state index contributed by atoms with van der Waals surface area (Å²) in [4.78, 5) is 3.96. The summed E-state index contributed by atoms with van der Waals surface area (Å²) in [6, 6.07) is 13.2.